The van der Waals surface area contributed by atoms with Crippen LogP contribution in [0.1, 0.15) is 16.8 Å². The number of nitriles is 1. The van der Waals surface area contributed by atoms with Crippen LogP contribution in [0.15, 0.2) is 42.1 Å². The Morgan fingerprint density at radius 2 is 2.29 bits per heavy atom. The minimum absolute atomic E-state index is 0.0925. The molecule has 31 heavy (non-hydrogen) atoms. The smallest absolute Gasteiger partial charge is 0.213 e. The van der Waals surface area contributed by atoms with Crippen LogP contribution in [0.5, 0.6) is 5.88 Å². The highest BCUT2D eigenvalue weighted by Crippen LogP contribution is 2.36. The zero-order chi connectivity index (χ0) is 22.2. The van der Waals surface area contributed by atoms with Crippen molar-refractivity contribution < 1.29 is 9.84 Å². The number of pyridine rings is 2. The molecule has 0 aromatic carbocycles. The molecule has 3 aromatic heterocycles. The summed E-state index contributed by atoms with van der Waals surface area (Å²) in [4.78, 5) is 8.69. The molecule has 0 atom stereocenters. The number of aliphatic hydroxyl groups is 1. The molecule has 3 rings (SSSR count). The Hall–Kier alpha value is -3.55. The number of ether oxygens (including phenoxy) is 1. The molecule has 0 aliphatic carbocycles. The Morgan fingerprint density at radius 1 is 1.45 bits per heavy atom. The quantitative estimate of drug-likeness (QED) is 0.278. The highest BCUT2D eigenvalue weighted by molar-refractivity contribution is 7.98. The van der Waals surface area contributed by atoms with Gasteiger partial charge in [-0.2, -0.15) is 10.4 Å². The summed E-state index contributed by atoms with van der Waals surface area (Å²) in [5.74, 6) is 2.02. The summed E-state index contributed by atoms with van der Waals surface area (Å²) in [6.07, 6.45) is 3.37. The lowest BCUT2D eigenvalue weighted by molar-refractivity contribution is 0.196. The Labute approximate surface area is 184 Å². The van der Waals surface area contributed by atoms with Crippen molar-refractivity contribution in [2.45, 2.75) is 17.7 Å². The molecule has 0 amide bonds. The van der Waals surface area contributed by atoms with Gasteiger partial charge in [0.1, 0.15) is 29.3 Å². The van der Waals surface area contributed by atoms with E-state index < -0.39 is 0 Å². The van der Waals surface area contributed by atoms with Crippen LogP contribution in [0, 0.1) is 18.3 Å². The van der Waals surface area contributed by atoms with Gasteiger partial charge in [-0.15, -0.1) is 6.58 Å². The first kappa shape index (κ1) is 22.1. The lowest BCUT2D eigenvalue weighted by Gasteiger charge is -2.14. The molecule has 10 heteroatoms. The third kappa shape index (κ3) is 5.33. The largest absolute Gasteiger partial charge is 0.475 e. The molecule has 3 aromatic rings. The number of aliphatic hydroxyl groups excluding tert-OH is 1. The van der Waals surface area contributed by atoms with Crippen LogP contribution >= 0.6 is 11.8 Å². The average molecular weight is 438 g/mol. The molecule has 0 spiro atoms. The molecule has 9 nitrogen and oxygen atoms in total. The van der Waals surface area contributed by atoms with Crippen molar-refractivity contribution >= 4 is 23.4 Å². The fourth-order valence-electron chi connectivity index (χ4n) is 2.85. The summed E-state index contributed by atoms with van der Waals surface area (Å²) >= 11 is 1.40. The predicted octanol–water partition coefficient (Wildman–Crippen LogP) is 2.89. The number of hydrogen-bond acceptors (Lipinski definition) is 9. The maximum Gasteiger partial charge on any atom is 0.213 e. The van der Waals surface area contributed by atoms with Crippen LogP contribution in [-0.2, 0) is 5.75 Å². The number of aromatic nitrogens is 4. The topological polar surface area (TPSA) is 146 Å². The summed E-state index contributed by atoms with van der Waals surface area (Å²) in [6.45, 7) is 6.18. The van der Waals surface area contributed by atoms with Crippen LogP contribution in [-0.4, -0.2) is 45.0 Å². The SMILES string of the molecule is C=CCNc1cc(CSc2nc(N)c(C)c(-c3ccc(OCCO)nc3)c2C#N)[nH]n1. The van der Waals surface area contributed by atoms with Gasteiger partial charge in [0, 0.05) is 53.0 Å². The van der Waals surface area contributed by atoms with Crippen molar-refractivity contribution in [2.24, 2.45) is 0 Å². The maximum atomic E-state index is 9.89. The monoisotopic (exact) mass is 437 g/mol. The number of nitrogen functional groups attached to an aromatic ring is 1. The van der Waals surface area contributed by atoms with Gasteiger partial charge in [0.25, 0.3) is 0 Å². The van der Waals surface area contributed by atoms with Crippen LogP contribution in [0.3, 0.4) is 0 Å². The van der Waals surface area contributed by atoms with Crippen molar-refractivity contribution in [2.75, 3.05) is 30.8 Å². The molecule has 3 heterocycles. The summed E-state index contributed by atoms with van der Waals surface area (Å²) in [7, 11) is 0. The Balaban J connectivity index is 1.87. The highest BCUT2D eigenvalue weighted by Gasteiger charge is 2.19. The number of hydrogen-bond donors (Lipinski definition) is 4. The van der Waals surface area contributed by atoms with E-state index in [0.29, 0.717) is 45.7 Å². The summed E-state index contributed by atoms with van der Waals surface area (Å²) in [5, 5.41) is 29.6. The van der Waals surface area contributed by atoms with E-state index in [2.05, 4.69) is 38.1 Å². The molecule has 0 saturated carbocycles. The third-order valence-corrected chi connectivity index (χ3v) is 5.37. The van der Waals surface area contributed by atoms with E-state index in [9.17, 15) is 5.26 Å². The fraction of sp³-hybridized carbons (Fsp3) is 0.238. The van der Waals surface area contributed by atoms with Crippen LogP contribution < -0.4 is 15.8 Å². The van der Waals surface area contributed by atoms with Gasteiger partial charge in [-0.25, -0.2) is 9.97 Å². The van der Waals surface area contributed by atoms with Gasteiger partial charge in [0.2, 0.25) is 5.88 Å². The van der Waals surface area contributed by atoms with Gasteiger partial charge in [0.05, 0.1) is 12.2 Å². The van der Waals surface area contributed by atoms with Crippen LogP contribution in [0.4, 0.5) is 11.6 Å². The van der Waals surface area contributed by atoms with Crippen LogP contribution in [0.2, 0.25) is 0 Å². The number of anilines is 2. The van der Waals surface area contributed by atoms with Gasteiger partial charge in [-0.1, -0.05) is 17.8 Å². The van der Waals surface area contributed by atoms with E-state index in [-0.39, 0.29) is 13.2 Å². The molecular formula is C21H23N7O2S. The van der Waals surface area contributed by atoms with Crippen molar-refractivity contribution in [3.8, 4) is 23.1 Å². The van der Waals surface area contributed by atoms with Gasteiger partial charge in [-0.05, 0) is 13.0 Å². The predicted molar refractivity (Wildman–Crippen MR) is 121 cm³/mol. The first-order chi connectivity index (χ1) is 15.1. The second-order valence-electron chi connectivity index (χ2n) is 6.48. The third-order valence-electron chi connectivity index (χ3n) is 4.35. The van der Waals surface area contributed by atoms with Gasteiger partial charge >= 0.3 is 0 Å². The lowest BCUT2D eigenvalue weighted by atomic mass is 9.98. The molecule has 0 bridgehead atoms. The van der Waals surface area contributed by atoms with E-state index >= 15 is 0 Å². The number of nitrogens with one attached hydrogen (secondary N) is 2. The Morgan fingerprint density at radius 3 is 2.97 bits per heavy atom. The van der Waals surface area contributed by atoms with E-state index in [1.807, 2.05) is 19.1 Å². The van der Waals surface area contributed by atoms with E-state index in [4.69, 9.17) is 15.6 Å². The van der Waals surface area contributed by atoms with Crippen LogP contribution in [0.25, 0.3) is 11.1 Å². The molecule has 0 unspecified atom stereocenters. The number of thioether (sulfide) groups is 1. The Kier molecular flexibility index (Phi) is 7.48. The highest BCUT2D eigenvalue weighted by atomic mass is 32.2. The number of rotatable bonds is 10. The minimum Gasteiger partial charge on any atom is -0.475 e. The molecule has 0 aliphatic heterocycles. The maximum absolute atomic E-state index is 9.89. The molecule has 5 N–H and O–H groups in total. The summed E-state index contributed by atoms with van der Waals surface area (Å²) in [5.41, 5.74) is 9.62. The van der Waals surface area contributed by atoms with Crippen molar-refractivity contribution in [3.05, 3.63) is 53.9 Å². The van der Waals surface area contributed by atoms with Crippen molar-refractivity contribution in [1.82, 2.24) is 20.2 Å². The van der Waals surface area contributed by atoms with Crippen molar-refractivity contribution in [1.29, 1.82) is 5.26 Å². The second kappa shape index (κ2) is 10.5. The second-order valence-corrected chi connectivity index (χ2v) is 7.45. The van der Waals surface area contributed by atoms with E-state index in [1.54, 1.807) is 18.3 Å². The average Bonchev–Trinajstić information content (AvgIpc) is 3.24. The Bertz CT molecular complexity index is 1090. The van der Waals surface area contributed by atoms with E-state index in [1.165, 1.54) is 11.8 Å². The van der Waals surface area contributed by atoms with Crippen molar-refractivity contribution in [3.63, 3.8) is 0 Å². The minimum atomic E-state index is -0.0925. The van der Waals surface area contributed by atoms with Gasteiger partial charge in [0.15, 0.2) is 0 Å². The molecule has 160 valence electrons. The normalized spacial score (nSPS) is 10.5. The number of nitrogens with zero attached hydrogens (tertiary/aromatic N) is 4. The number of aromatic amines is 1. The standard InChI is InChI=1S/C21H23N7O2S/c1-3-6-24-17-9-15(27-28-17)12-31-21-16(10-22)19(13(2)20(23)26-21)14-4-5-18(25-11-14)30-8-7-29/h3-5,9,11,29H,1,6-8,12H2,2H3,(H2,23,26)(H2,24,27,28). The zero-order valence-electron chi connectivity index (χ0n) is 17.1. The summed E-state index contributed by atoms with van der Waals surface area (Å²) < 4.78 is 5.31. The lowest BCUT2D eigenvalue weighted by Crippen LogP contribution is -2.04. The summed E-state index contributed by atoms with van der Waals surface area (Å²) in [6, 6.07) is 7.67. The molecule has 0 radical (unpaired) electrons. The molecular weight excluding hydrogens is 414 g/mol. The molecule has 0 saturated heterocycles. The zero-order valence-corrected chi connectivity index (χ0v) is 17.9. The van der Waals surface area contributed by atoms with E-state index in [0.717, 1.165) is 17.1 Å². The van der Waals surface area contributed by atoms with Gasteiger partial charge < -0.3 is 20.9 Å². The van der Waals surface area contributed by atoms with Gasteiger partial charge in [-0.3, -0.25) is 5.10 Å². The molecule has 0 fully saturated rings. The first-order valence-electron chi connectivity index (χ1n) is 9.49. The fourth-order valence-corrected chi connectivity index (χ4v) is 3.75. The number of H-pyrrole nitrogens is 1. The molecule has 0 aliphatic rings. The first-order valence-corrected chi connectivity index (χ1v) is 10.5. The number of nitrogens with two attached hydrogens (primary N) is 1.